The fourth-order valence-corrected chi connectivity index (χ4v) is 2.96. The zero-order valence-electron chi connectivity index (χ0n) is 13.0. The predicted octanol–water partition coefficient (Wildman–Crippen LogP) is 3.22. The Morgan fingerprint density at radius 3 is 2.71 bits per heavy atom. The molecule has 1 aromatic rings. The van der Waals surface area contributed by atoms with E-state index in [1.807, 2.05) is 0 Å². The van der Waals surface area contributed by atoms with E-state index >= 15 is 0 Å². The van der Waals surface area contributed by atoms with Gasteiger partial charge >= 0.3 is 0 Å². The summed E-state index contributed by atoms with van der Waals surface area (Å²) < 4.78 is 5.13. The number of methoxy groups -OCH3 is 1. The van der Waals surface area contributed by atoms with Crippen molar-refractivity contribution >= 4 is 11.6 Å². The van der Waals surface area contributed by atoms with E-state index < -0.39 is 0 Å². The van der Waals surface area contributed by atoms with E-state index in [9.17, 15) is 4.79 Å². The number of carbonyl (C=O) groups is 1. The van der Waals surface area contributed by atoms with Crippen LogP contribution < -0.4 is 15.8 Å². The number of hydrogen-bond donors (Lipinski definition) is 2. The molecule has 0 aromatic heterocycles. The molecule has 0 saturated heterocycles. The maximum atomic E-state index is 12.2. The summed E-state index contributed by atoms with van der Waals surface area (Å²) in [4.78, 5) is 12.2. The Morgan fingerprint density at radius 1 is 1.33 bits per heavy atom. The SMILES string of the molecule is COc1ccc(N)c(C(=O)NCCC2CCC(C)CC2)c1. The van der Waals surface area contributed by atoms with Crippen LogP contribution in [-0.2, 0) is 0 Å². The number of nitrogen functional groups attached to an aromatic ring is 1. The van der Waals surface area contributed by atoms with Gasteiger partial charge in [0.15, 0.2) is 0 Å². The fourth-order valence-electron chi connectivity index (χ4n) is 2.96. The minimum Gasteiger partial charge on any atom is -0.497 e. The zero-order chi connectivity index (χ0) is 15.2. The average Bonchev–Trinajstić information content (AvgIpc) is 2.49. The minimum absolute atomic E-state index is 0.115. The molecule has 4 heteroatoms. The second kappa shape index (κ2) is 7.34. The van der Waals surface area contributed by atoms with E-state index in [0.717, 1.165) is 18.3 Å². The van der Waals surface area contributed by atoms with Crippen molar-refractivity contribution in [3.05, 3.63) is 23.8 Å². The molecular weight excluding hydrogens is 264 g/mol. The van der Waals surface area contributed by atoms with Gasteiger partial charge in [-0.1, -0.05) is 32.6 Å². The van der Waals surface area contributed by atoms with Crippen LogP contribution in [0.5, 0.6) is 5.75 Å². The summed E-state index contributed by atoms with van der Waals surface area (Å²) >= 11 is 0. The first-order valence-corrected chi connectivity index (χ1v) is 7.82. The number of amides is 1. The molecule has 116 valence electrons. The quantitative estimate of drug-likeness (QED) is 0.818. The maximum absolute atomic E-state index is 12.2. The third-order valence-electron chi connectivity index (χ3n) is 4.48. The number of rotatable bonds is 5. The molecule has 3 N–H and O–H groups in total. The van der Waals surface area contributed by atoms with Gasteiger partial charge in [0.05, 0.1) is 12.7 Å². The smallest absolute Gasteiger partial charge is 0.253 e. The van der Waals surface area contributed by atoms with E-state index in [1.165, 1.54) is 25.7 Å². The third-order valence-corrected chi connectivity index (χ3v) is 4.48. The Balaban J connectivity index is 1.82. The summed E-state index contributed by atoms with van der Waals surface area (Å²) in [6.45, 7) is 3.04. The predicted molar refractivity (Wildman–Crippen MR) is 85.5 cm³/mol. The molecule has 0 heterocycles. The van der Waals surface area contributed by atoms with Gasteiger partial charge in [0, 0.05) is 12.2 Å². The van der Waals surface area contributed by atoms with Crippen LogP contribution in [0.15, 0.2) is 18.2 Å². The first kappa shape index (κ1) is 15.7. The van der Waals surface area contributed by atoms with Crippen LogP contribution in [0, 0.1) is 11.8 Å². The lowest BCUT2D eigenvalue weighted by Gasteiger charge is -2.26. The third kappa shape index (κ3) is 4.38. The molecule has 1 saturated carbocycles. The van der Waals surface area contributed by atoms with Crippen molar-refractivity contribution < 1.29 is 9.53 Å². The van der Waals surface area contributed by atoms with Crippen LogP contribution in [0.2, 0.25) is 0 Å². The molecule has 1 aliphatic rings. The van der Waals surface area contributed by atoms with Gasteiger partial charge in [-0.15, -0.1) is 0 Å². The molecule has 1 amide bonds. The van der Waals surface area contributed by atoms with E-state index in [1.54, 1.807) is 25.3 Å². The number of ether oxygens (including phenoxy) is 1. The van der Waals surface area contributed by atoms with Crippen molar-refractivity contribution in [1.82, 2.24) is 5.32 Å². The van der Waals surface area contributed by atoms with Crippen LogP contribution in [0.25, 0.3) is 0 Å². The topological polar surface area (TPSA) is 64.3 Å². The summed E-state index contributed by atoms with van der Waals surface area (Å²) in [5.41, 5.74) is 6.84. The molecular formula is C17H26N2O2. The summed E-state index contributed by atoms with van der Waals surface area (Å²) in [5.74, 6) is 2.16. The highest BCUT2D eigenvalue weighted by Gasteiger charge is 2.18. The molecule has 0 spiro atoms. The van der Waals surface area contributed by atoms with E-state index in [-0.39, 0.29) is 5.91 Å². The highest BCUT2D eigenvalue weighted by atomic mass is 16.5. The summed E-state index contributed by atoms with van der Waals surface area (Å²) in [6.07, 6.45) is 6.28. The zero-order valence-corrected chi connectivity index (χ0v) is 13.0. The molecule has 1 fully saturated rings. The van der Waals surface area contributed by atoms with Gasteiger partial charge in [-0.3, -0.25) is 4.79 Å². The standard InChI is InChI=1S/C17H26N2O2/c1-12-3-5-13(6-4-12)9-10-19-17(20)15-11-14(21-2)7-8-16(15)18/h7-8,11-13H,3-6,9-10,18H2,1-2H3,(H,19,20). The summed E-state index contributed by atoms with van der Waals surface area (Å²) in [6, 6.07) is 5.15. The Bertz CT molecular complexity index is 480. The highest BCUT2D eigenvalue weighted by Crippen LogP contribution is 2.30. The Hall–Kier alpha value is -1.71. The molecule has 1 aromatic carbocycles. The summed E-state index contributed by atoms with van der Waals surface area (Å²) in [7, 11) is 1.58. The van der Waals surface area contributed by atoms with Crippen LogP contribution in [0.3, 0.4) is 0 Å². The molecule has 4 nitrogen and oxygen atoms in total. The van der Waals surface area contributed by atoms with Gasteiger partial charge in [0.25, 0.3) is 5.91 Å². The normalized spacial score (nSPS) is 21.8. The fraction of sp³-hybridized carbons (Fsp3) is 0.588. The first-order valence-electron chi connectivity index (χ1n) is 7.82. The Morgan fingerprint density at radius 2 is 2.05 bits per heavy atom. The molecule has 0 radical (unpaired) electrons. The van der Waals surface area contributed by atoms with E-state index in [2.05, 4.69) is 12.2 Å². The van der Waals surface area contributed by atoms with Crippen molar-refractivity contribution in [2.75, 3.05) is 19.4 Å². The van der Waals surface area contributed by atoms with E-state index in [0.29, 0.717) is 23.5 Å². The second-order valence-corrected chi connectivity index (χ2v) is 6.12. The number of carbonyl (C=O) groups excluding carboxylic acids is 1. The van der Waals surface area contributed by atoms with Crippen molar-refractivity contribution in [3.8, 4) is 5.75 Å². The van der Waals surface area contributed by atoms with Crippen LogP contribution in [0.1, 0.15) is 49.4 Å². The lowest BCUT2D eigenvalue weighted by Crippen LogP contribution is -2.27. The van der Waals surface area contributed by atoms with Gasteiger partial charge in [-0.25, -0.2) is 0 Å². The van der Waals surface area contributed by atoms with Crippen molar-refractivity contribution in [3.63, 3.8) is 0 Å². The number of anilines is 1. The number of nitrogens with two attached hydrogens (primary N) is 1. The van der Waals surface area contributed by atoms with Gasteiger partial charge in [0.2, 0.25) is 0 Å². The lowest BCUT2D eigenvalue weighted by atomic mass is 9.81. The molecule has 2 rings (SSSR count). The van der Waals surface area contributed by atoms with Gasteiger partial charge in [0.1, 0.15) is 5.75 Å². The Labute approximate surface area is 127 Å². The maximum Gasteiger partial charge on any atom is 0.253 e. The van der Waals surface area contributed by atoms with Crippen molar-refractivity contribution in [2.24, 2.45) is 11.8 Å². The molecule has 1 aliphatic carbocycles. The van der Waals surface area contributed by atoms with Gasteiger partial charge in [-0.2, -0.15) is 0 Å². The molecule has 0 atom stereocenters. The Kier molecular flexibility index (Phi) is 5.48. The first-order chi connectivity index (χ1) is 10.1. The molecule has 0 bridgehead atoms. The molecule has 0 unspecified atom stereocenters. The number of nitrogens with one attached hydrogen (secondary N) is 1. The number of hydrogen-bond acceptors (Lipinski definition) is 3. The number of benzene rings is 1. The lowest BCUT2D eigenvalue weighted by molar-refractivity contribution is 0.0950. The van der Waals surface area contributed by atoms with Crippen LogP contribution in [-0.4, -0.2) is 19.6 Å². The molecule has 21 heavy (non-hydrogen) atoms. The highest BCUT2D eigenvalue weighted by molar-refractivity contribution is 5.99. The van der Waals surface area contributed by atoms with Gasteiger partial charge in [-0.05, 0) is 36.5 Å². The van der Waals surface area contributed by atoms with Crippen molar-refractivity contribution in [2.45, 2.75) is 39.0 Å². The van der Waals surface area contributed by atoms with Crippen LogP contribution >= 0.6 is 0 Å². The molecule has 0 aliphatic heterocycles. The second-order valence-electron chi connectivity index (χ2n) is 6.12. The van der Waals surface area contributed by atoms with Crippen LogP contribution in [0.4, 0.5) is 5.69 Å². The average molecular weight is 290 g/mol. The van der Waals surface area contributed by atoms with Crippen molar-refractivity contribution in [1.29, 1.82) is 0 Å². The largest absolute Gasteiger partial charge is 0.497 e. The van der Waals surface area contributed by atoms with E-state index in [4.69, 9.17) is 10.5 Å². The monoisotopic (exact) mass is 290 g/mol. The summed E-state index contributed by atoms with van der Waals surface area (Å²) in [5, 5.41) is 2.98. The minimum atomic E-state index is -0.115. The van der Waals surface area contributed by atoms with Gasteiger partial charge < -0.3 is 15.8 Å².